The topological polar surface area (TPSA) is 164 Å². The van der Waals surface area contributed by atoms with E-state index in [1.54, 1.807) is 30.3 Å². The first-order valence-electron chi connectivity index (χ1n) is 10.9. The fourth-order valence-corrected chi connectivity index (χ4v) is 5.53. The smallest absolute Gasteiger partial charge is 0.459 e. The molecule has 0 saturated heterocycles. The summed E-state index contributed by atoms with van der Waals surface area (Å²) in [6.45, 7) is 4.96. The summed E-state index contributed by atoms with van der Waals surface area (Å²) in [5.41, 5.74) is 6.65. The van der Waals surface area contributed by atoms with E-state index in [0.717, 1.165) is 0 Å². The van der Waals surface area contributed by atoms with Gasteiger partial charge < -0.3 is 24.7 Å². The van der Waals surface area contributed by atoms with Gasteiger partial charge in [-0.05, 0) is 24.6 Å². The maximum absolute atomic E-state index is 15.3. The molecule has 3 aromatic rings. The van der Waals surface area contributed by atoms with Gasteiger partial charge in [0.1, 0.15) is 23.6 Å². The molecule has 4 rings (SSSR count). The van der Waals surface area contributed by atoms with Crippen LogP contribution in [0.1, 0.15) is 13.0 Å². The number of aliphatic hydroxyl groups excluding tert-OH is 1. The molecule has 0 amide bonds. The Balaban J connectivity index is 1.56. The molecule has 14 heteroatoms. The van der Waals surface area contributed by atoms with Gasteiger partial charge in [0.15, 0.2) is 17.6 Å². The van der Waals surface area contributed by atoms with E-state index < -0.39 is 50.6 Å². The van der Waals surface area contributed by atoms with Crippen molar-refractivity contribution in [2.24, 2.45) is 5.92 Å². The number of alkyl halides is 1. The van der Waals surface area contributed by atoms with Crippen LogP contribution in [-0.2, 0) is 18.6 Å². The minimum atomic E-state index is -4.20. The number of anilines is 1. The van der Waals surface area contributed by atoms with Crippen molar-refractivity contribution in [1.82, 2.24) is 24.6 Å². The first-order chi connectivity index (χ1) is 17.1. The molecule has 2 aromatic heterocycles. The molecular formula is C22H26FN6O6P. The molecule has 2 heterocycles. The molecule has 192 valence electrons. The average Bonchev–Trinajstić information content (AvgIpc) is 3.37. The van der Waals surface area contributed by atoms with E-state index in [-0.39, 0.29) is 28.3 Å². The van der Waals surface area contributed by atoms with E-state index in [2.05, 4.69) is 31.4 Å². The molecule has 0 spiro atoms. The summed E-state index contributed by atoms with van der Waals surface area (Å²) in [5, 5.41) is 13.2. The zero-order chi connectivity index (χ0) is 26.0. The van der Waals surface area contributed by atoms with E-state index in [1.807, 2.05) is 0 Å². The van der Waals surface area contributed by atoms with Crippen molar-refractivity contribution in [3.8, 4) is 5.75 Å². The lowest BCUT2D eigenvalue weighted by Gasteiger charge is -2.25. The molecule has 1 aliphatic carbocycles. The van der Waals surface area contributed by atoms with Crippen LogP contribution in [0.3, 0.4) is 0 Å². The number of hydrogen-bond donors (Lipinski definition) is 3. The standard InChI is InChI=1S/C22H26FN6O6P/c1-12-15(19(30)16(23)18(12)29-11-27-17-20(24)25-10-26-21(17)29)9-34-36(32,28-13(2)22(31)33-3)35-14-7-5-4-6-8-14/h4-8,10-11,13,15-16,18-19,30H,1,9H2,2-3H3,(H,28,32)(H2,24,25,26)/t13-,15+,16-,18-,19-,36?/m1/s1. The monoisotopic (exact) mass is 520 g/mol. The molecule has 12 nitrogen and oxygen atoms in total. The Morgan fingerprint density at radius 2 is 2.06 bits per heavy atom. The highest BCUT2D eigenvalue weighted by Gasteiger charge is 2.48. The number of nitrogens with one attached hydrogen (secondary N) is 1. The van der Waals surface area contributed by atoms with Gasteiger partial charge in [0.2, 0.25) is 0 Å². The molecule has 1 unspecified atom stereocenters. The summed E-state index contributed by atoms with van der Waals surface area (Å²) in [7, 11) is -3.01. The van der Waals surface area contributed by atoms with Crippen LogP contribution in [0.4, 0.5) is 10.2 Å². The van der Waals surface area contributed by atoms with Crippen LogP contribution in [0.5, 0.6) is 5.75 Å². The van der Waals surface area contributed by atoms with E-state index in [1.165, 1.54) is 31.3 Å². The van der Waals surface area contributed by atoms with Crippen LogP contribution in [0.25, 0.3) is 11.2 Å². The van der Waals surface area contributed by atoms with Crippen LogP contribution in [0, 0.1) is 5.92 Å². The van der Waals surface area contributed by atoms with Crippen molar-refractivity contribution in [2.45, 2.75) is 31.3 Å². The van der Waals surface area contributed by atoms with Gasteiger partial charge in [0.05, 0.1) is 32.2 Å². The largest absolute Gasteiger partial charge is 0.468 e. The molecule has 0 bridgehead atoms. The second kappa shape index (κ2) is 10.3. The van der Waals surface area contributed by atoms with Gasteiger partial charge in [0.25, 0.3) is 0 Å². The Hall–Kier alpha value is -3.38. The number of nitrogen functional groups attached to an aromatic ring is 1. The lowest BCUT2D eigenvalue weighted by atomic mass is 10.0. The summed E-state index contributed by atoms with van der Waals surface area (Å²) in [5.74, 6) is -1.33. The molecule has 1 fully saturated rings. The summed E-state index contributed by atoms with van der Waals surface area (Å²) in [6, 6.07) is 6.08. The minimum Gasteiger partial charge on any atom is -0.468 e. The number of esters is 1. The number of hydrogen-bond acceptors (Lipinski definition) is 10. The number of nitrogens with zero attached hydrogens (tertiary/aromatic N) is 4. The predicted molar refractivity (Wildman–Crippen MR) is 128 cm³/mol. The number of methoxy groups -OCH3 is 1. The van der Waals surface area contributed by atoms with Crippen LogP contribution in [-0.4, -0.2) is 62.6 Å². The number of carbonyl (C=O) groups is 1. The van der Waals surface area contributed by atoms with Gasteiger partial charge >= 0.3 is 13.7 Å². The molecule has 6 atom stereocenters. The molecule has 36 heavy (non-hydrogen) atoms. The number of imidazole rings is 1. The third-order valence-corrected chi connectivity index (χ3v) is 7.53. The fourth-order valence-electron chi connectivity index (χ4n) is 4.02. The number of nitrogens with two attached hydrogens (primary N) is 1. The Kier molecular flexibility index (Phi) is 7.36. The lowest BCUT2D eigenvalue weighted by Crippen LogP contribution is -2.35. The quantitative estimate of drug-likeness (QED) is 0.215. The van der Waals surface area contributed by atoms with E-state index in [4.69, 9.17) is 14.8 Å². The van der Waals surface area contributed by atoms with E-state index in [9.17, 15) is 14.5 Å². The zero-order valence-corrected chi connectivity index (χ0v) is 20.4. The van der Waals surface area contributed by atoms with Crippen molar-refractivity contribution < 1.29 is 32.6 Å². The summed E-state index contributed by atoms with van der Waals surface area (Å²) >= 11 is 0. The molecule has 0 aliphatic heterocycles. The maximum atomic E-state index is 15.3. The summed E-state index contributed by atoms with van der Waals surface area (Å²) in [4.78, 5) is 24.0. The molecule has 1 aromatic carbocycles. The van der Waals surface area contributed by atoms with E-state index in [0.29, 0.717) is 0 Å². The second-order valence-electron chi connectivity index (χ2n) is 8.22. The number of halogens is 1. The molecule has 1 aliphatic rings. The van der Waals surface area contributed by atoms with E-state index >= 15 is 4.39 Å². The number of carbonyl (C=O) groups excluding carboxylic acids is 1. The average molecular weight is 520 g/mol. The van der Waals surface area contributed by atoms with Crippen LogP contribution in [0.2, 0.25) is 0 Å². The van der Waals surface area contributed by atoms with Crippen molar-refractivity contribution in [1.29, 1.82) is 0 Å². The first-order valence-corrected chi connectivity index (χ1v) is 12.5. The van der Waals surface area contributed by atoms with Crippen molar-refractivity contribution >= 4 is 30.7 Å². The number of para-hydroxylation sites is 1. The Morgan fingerprint density at radius 3 is 2.75 bits per heavy atom. The normalized spacial score (nSPS) is 24.4. The van der Waals surface area contributed by atoms with Gasteiger partial charge in [-0.25, -0.2) is 23.9 Å². The highest BCUT2D eigenvalue weighted by molar-refractivity contribution is 7.52. The SMILES string of the molecule is C=C1[C@@H](n2cnc3c(N)ncnc32)[C@@H](F)[C@H](O)[C@H]1COP(=O)(N[C@H](C)C(=O)OC)Oc1ccccc1. The van der Waals surface area contributed by atoms with Gasteiger partial charge in [-0.2, -0.15) is 5.09 Å². The Labute approximate surface area is 205 Å². The number of fused-ring (bicyclic) bond motifs is 1. The van der Waals surface area contributed by atoms with Gasteiger partial charge in [0, 0.05) is 5.92 Å². The predicted octanol–water partition coefficient (Wildman–Crippen LogP) is 2.19. The zero-order valence-electron chi connectivity index (χ0n) is 19.5. The molecule has 0 radical (unpaired) electrons. The van der Waals surface area contributed by atoms with Crippen molar-refractivity contribution in [2.75, 3.05) is 19.5 Å². The molecule has 4 N–H and O–H groups in total. The van der Waals surface area contributed by atoms with Crippen LogP contribution >= 0.6 is 7.75 Å². The number of ether oxygens (including phenoxy) is 1. The third-order valence-electron chi connectivity index (χ3n) is 5.88. The van der Waals surface area contributed by atoms with Crippen molar-refractivity contribution in [3.05, 3.63) is 55.1 Å². The third kappa shape index (κ3) is 4.96. The van der Waals surface area contributed by atoms with Gasteiger partial charge in [-0.1, -0.05) is 24.8 Å². The first kappa shape index (κ1) is 25.7. The van der Waals surface area contributed by atoms with Crippen LogP contribution in [0.15, 0.2) is 55.1 Å². The number of aliphatic hydroxyl groups is 1. The highest BCUT2D eigenvalue weighted by Crippen LogP contribution is 2.48. The highest BCUT2D eigenvalue weighted by atomic mass is 31.2. The van der Waals surface area contributed by atoms with Gasteiger partial charge in [-0.3, -0.25) is 9.32 Å². The molecular weight excluding hydrogens is 494 g/mol. The Morgan fingerprint density at radius 1 is 1.33 bits per heavy atom. The van der Waals surface area contributed by atoms with Crippen LogP contribution < -0.4 is 15.3 Å². The summed E-state index contributed by atoms with van der Waals surface area (Å²) in [6.07, 6.45) is -0.765. The maximum Gasteiger partial charge on any atom is 0.459 e. The van der Waals surface area contributed by atoms with Crippen molar-refractivity contribution in [3.63, 3.8) is 0 Å². The molecule has 1 saturated carbocycles. The lowest BCUT2D eigenvalue weighted by molar-refractivity contribution is -0.142. The second-order valence-corrected chi connectivity index (χ2v) is 9.91. The fraction of sp³-hybridized carbons (Fsp3) is 0.364. The summed E-state index contributed by atoms with van der Waals surface area (Å²) < 4.78 is 46.2. The number of rotatable bonds is 9. The number of aromatic nitrogens is 4. The van der Waals surface area contributed by atoms with Gasteiger partial charge in [-0.15, -0.1) is 0 Å². The minimum absolute atomic E-state index is 0.128. The number of benzene rings is 1. The Bertz CT molecular complexity index is 1310.